The second kappa shape index (κ2) is 4.95. The molecular weight excluding hydrogens is 299 g/mol. The fourth-order valence-corrected chi connectivity index (χ4v) is 2.28. The van der Waals surface area contributed by atoms with Gasteiger partial charge in [-0.1, -0.05) is 0 Å². The van der Waals surface area contributed by atoms with Crippen LogP contribution in [0.5, 0.6) is 11.5 Å². The van der Waals surface area contributed by atoms with Crippen LogP contribution in [0.2, 0.25) is 0 Å². The summed E-state index contributed by atoms with van der Waals surface area (Å²) in [6, 6.07) is 4.06. The van der Waals surface area contributed by atoms with Crippen LogP contribution in [0.15, 0.2) is 17.0 Å². The lowest BCUT2D eigenvalue weighted by atomic mass is 10.3. The first-order valence-corrected chi connectivity index (χ1v) is 5.99. The van der Waals surface area contributed by atoms with Gasteiger partial charge in [-0.15, -0.1) is 11.8 Å². The van der Waals surface area contributed by atoms with Crippen LogP contribution < -0.4 is 9.47 Å². The number of thioether (sulfide) groups is 1. The molecule has 0 aliphatic heterocycles. The van der Waals surface area contributed by atoms with Crippen molar-refractivity contribution in [2.45, 2.75) is 4.90 Å². The van der Waals surface area contributed by atoms with E-state index in [-0.39, 0.29) is 0 Å². The first-order chi connectivity index (χ1) is 6.24. The maximum atomic E-state index is 5.29. The zero-order chi connectivity index (χ0) is 9.84. The standard InChI is InChI=1S/C9H11IO2S/c1-11-8-6(10)4-5-7(13-3)9(8)12-2/h4-5H,1-3H3. The van der Waals surface area contributed by atoms with Crippen molar-refractivity contribution in [3.63, 3.8) is 0 Å². The highest BCUT2D eigenvalue weighted by molar-refractivity contribution is 14.1. The van der Waals surface area contributed by atoms with E-state index in [2.05, 4.69) is 22.6 Å². The smallest absolute Gasteiger partial charge is 0.175 e. The molecule has 0 unspecified atom stereocenters. The van der Waals surface area contributed by atoms with Gasteiger partial charge in [0.2, 0.25) is 0 Å². The molecule has 1 aromatic carbocycles. The molecule has 0 saturated heterocycles. The largest absolute Gasteiger partial charge is 0.492 e. The van der Waals surface area contributed by atoms with E-state index < -0.39 is 0 Å². The molecule has 2 nitrogen and oxygen atoms in total. The summed E-state index contributed by atoms with van der Waals surface area (Å²) in [6.45, 7) is 0. The van der Waals surface area contributed by atoms with Crippen molar-refractivity contribution < 1.29 is 9.47 Å². The van der Waals surface area contributed by atoms with Crippen LogP contribution in [-0.2, 0) is 0 Å². The van der Waals surface area contributed by atoms with Gasteiger partial charge in [-0.05, 0) is 41.0 Å². The molecule has 0 saturated carbocycles. The highest BCUT2D eigenvalue weighted by atomic mass is 127. The van der Waals surface area contributed by atoms with E-state index in [0.717, 1.165) is 20.0 Å². The first-order valence-electron chi connectivity index (χ1n) is 3.69. The molecule has 0 radical (unpaired) electrons. The Morgan fingerprint density at radius 2 is 1.77 bits per heavy atom. The summed E-state index contributed by atoms with van der Waals surface area (Å²) in [6.07, 6.45) is 2.02. The zero-order valence-electron chi connectivity index (χ0n) is 7.76. The second-order valence-corrected chi connectivity index (χ2v) is 4.33. The predicted octanol–water partition coefficient (Wildman–Crippen LogP) is 3.03. The number of rotatable bonds is 3. The molecule has 0 N–H and O–H groups in total. The van der Waals surface area contributed by atoms with E-state index in [9.17, 15) is 0 Å². The Kier molecular flexibility index (Phi) is 4.18. The summed E-state index contributed by atoms with van der Waals surface area (Å²) in [7, 11) is 3.32. The van der Waals surface area contributed by atoms with E-state index in [4.69, 9.17) is 9.47 Å². The van der Waals surface area contributed by atoms with Crippen molar-refractivity contribution >= 4 is 34.4 Å². The molecule has 0 atom stereocenters. The molecule has 1 rings (SSSR count). The van der Waals surface area contributed by atoms with Gasteiger partial charge in [0.1, 0.15) is 0 Å². The summed E-state index contributed by atoms with van der Waals surface area (Å²) in [5, 5.41) is 0. The minimum Gasteiger partial charge on any atom is -0.492 e. The fraction of sp³-hybridized carbons (Fsp3) is 0.333. The van der Waals surface area contributed by atoms with Crippen LogP contribution in [0.25, 0.3) is 0 Å². The van der Waals surface area contributed by atoms with Gasteiger partial charge in [0, 0.05) is 0 Å². The van der Waals surface area contributed by atoms with Crippen molar-refractivity contribution in [1.82, 2.24) is 0 Å². The Balaban J connectivity index is 3.27. The van der Waals surface area contributed by atoms with Crippen LogP contribution in [-0.4, -0.2) is 20.5 Å². The van der Waals surface area contributed by atoms with E-state index >= 15 is 0 Å². The van der Waals surface area contributed by atoms with Gasteiger partial charge in [0.15, 0.2) is 11.5 Å². The number of ether oxygens (including phenoxy) is 2. The summed E-state index contributed by atoms with van der Waals surface area (Å²) >= 11 is 3.88. The summed E-state index contributed by atoms with van der Waals surface area (Å²) in [5.41, 5.74) is 0. The lowest BCUT2D eigenvalue weighted by Gasteiger charge is -2.12. The van der Waals surface area contributed by atoms with E-state index in [1.807, 2.05) is 18.4 Å². The third-order valence-corrected chi connectivity index (χ3v) is 3.27. The van der Waals surface area contributed by atoms with Gasteiger partial charge in [-0.25, -0.2) is 0 Å². The number of methoxy groups -OCH3 is 2. The number of halogens is 1. The van der Waals surface area contributed by atoms with E-state index in [0.29, 0.717) is 0 Å². The molecule has 0 bridgehead atoms. The van der Waals surface area contributed by atoms with Gasteiger partial charge in [0.25, 0.3) is 0 Å². The molecule has 0 amide bonds. The predicted molar refractivity (Wildman–Crippen MR) is 64.0 cm³/mol. The van der Waals surface area contributed by atoms with Crippen molar-refractivity contribution in [2.75, 3.05) is 20.5 Å². The minimum atomic E-state index is 0.815. The Labute approximate surface area is 96.1 Å². The SMILES string of the molecule is COc1c(I)ccc(SC)c1OC. The molecule has 1 aromatic rings. The summed E-state index contributed by atoms with van der Waals surface area (Å²) < 4.78 is 11.6. The molecule has 0 fully saturated rings. The molecule has 72 valence electrons. The van der Waals surface area contributed by atoms with Gasteiger partial charge in [0.05, 0.1) is 22.7 Å². The second-order valence-electron chi connectivity index (χ2n) is 2.32. The molecule has 0 aliphatic rings. The lowest BCUT2D eigenvalue weighted by molar-refractivity contribution is 0.346. The van der Waals surface area contributed by atoms with Crippen LogP contribution >= 0.6 is 34.4 Å². The van der Waals surface area contributed by atoms with Crippen LogP contribution in [0.1, 0.15) is 0 Å². The average Bonchev–Trinajstić information content (AvgIpc) is 2.17. The molecule has 4 heteroatoms. The van der Waals surface area contributed by atoms with Crippen LogP contribution in [0.4, 0.5) is 0 Å². The maximum absolute atomic E-state index is 5.29. The zero-order valence-corrected chi connectivity index (χ0v) is 10.7. The van der Waals surface area contributed by atoms with E-state index in [1.165, 1.54) is 0 Å². The van der Waals surface area contributed by atoms with Gasteiger partial charge in [-0.3, -0.25) is 0 Å². The number of hydrogen-bond acceptors (Lipinski definition) is 3. The van der Waals surface area contributed by atoms with Gasteiger partial charge in [-0.2, -0.15) is 0 Å². The molecular formula is C9H11IO2S. The number of benzene rings is 1. The summed E-state index contributed by atoms with van der Waals surface area (Å²) in [5.74, 6) is 1.64. The van der Waals surface area contributed by atoms with Crippen molar-refractivity contribution in [3.8, 4) is 11.5 Å². The lowest BCUT2D eigenvalue weighted by Crippen LogP contribution is -1.94. The van der Waals surface area contributed by atoms with Crippen molar-refractivity contribution in [1.29, 1.82) is 0 Å². The Bertz CT molecular complexity index is 302. The molecule has 13 heavy (non-hydrogen) atoms. The van der Waals surface area contributed by atoms with Crippen molar-refractivity contribution in [2.24, 2.45) is 0 Å². The van der Waals surface area contributed by atoms with E-state index in [1.54, 1.807) is 26.0 Å². The minimum absolute atomic E-state index is 0.815. The quantitative estimate of drug-likeness (QED) is 0.631. The molecule has 0 heterocycles. The van der Waals surface area contributed by atoms with Gasteiger partial charge < -0.3 is 9.47 Å². The Morgan fingerprint density at radius 1 is 1.15 bits per heavy atom. The maximum Gasteiger partial charge on any atom is 0.175 e. The molecule has 0 aromatic heterocycles. The Morgan fingerprint density at radius 3 is 2.23 bits per heavy atom. The van der Waals surface area contributed by atoms with Crippen LogP contribution in [0.3, 0.4) is 0 Å². The molecule has 0 aliphatic carbocycles. The number of hydrogen-bond donors (Lipinski definition) is 0. The Hall–Kier alpha value is -0.100. The van der Waals surface area contributed by atoms with Crippen LogP contribution in [0, 0.1) is 3.57 Å². The highest BCUT2D eigenvalue weighted by Gasteiger charge is 2.12. The van der Waals surface area contributed by atoms with Gasteiger partial charge >= 0.3 is 0 Å². The molecule has 0 spiro atoms. The fourth-order valence-electron chi connectivity index (χ4n) is 1.06. The third-order valence-electron chi connectivity index (χ3n) is 1.66. The average molecular weight is 310 g/mol. The summed E-state index contributed by atoms with van der Waals surface area (Å²) in [4.78, 5) is 1.10. The first kappa shape index (κ1) is 11.0. The topological polar surface area (TPSA) is 18.5 Å². The highest BCUT2D eigenvalue weighted by Crippen LogP contribution is 2.39. The van der Waals surface area contributed by atoms with Crippen molar-refractivity contribution in [3.05, 3.63) is 15.7 Å². The third kappa shape index (κ3) is 2.22. The normalized spacial score (nSPS) is 9.85. The monoisotopic (exact) mass is 310 g/mol.